The molecule has 0 amide bonds. The van der Waals surface area contributed by atoms with Crippen molar-refractivity contribution in [2.24, 2.45) is 0 Å². The van der Waals surface area contributed by atoms with Gasteiger partial charge < -0.3 is 4.74 Å². The maximum Gasteiger partial charge on any atom is 0.123 e. The van der Waals surface area contributed by atoms with Crippen LogP contribution in [-0.2, 0) is 6.42 Å². The molecule has 1 aliphatic rings. The summed E-state index contributed by atoms with van der Waals surface area (Å²) in [6.07, 6.45) is 1.25. The molecule has 0 bridgehead atoms. The summed E-state index contributed by atoms with van der Waals surface area (Å²) in [5.74, 6) is 1.01. The molecule has 1 nitrogen and oxygen atoms in total. The molecule has 0 aliphatic carbocycles. The van der Waals surface area contributed by atoms with Crippen molar-refractivity contribution in [3.63, 3.8) is 0 Å². The molecule has 0 radical (unpaired) electrons. The number of hydrogen-bond acceptors (Lipinski definition) is 1. The number of fused-ring (bicyclic) bond motifs is 1. The quantitative estimate of drug-likeness (QED) is 0.689. The largest absolute Gasteiger partial charge is 0.490 e. The SMILES string of the molecule is CC1Cc2cc(C(Br)c3ccccc3Cl)ccc2O1. The van der Waals surface area contributed by atoms with E-state index < -0.39 is 0 Å². The molecule has 1 heterocycles. The molecule has 0 N–H and O–H groups in total. The lowest BCUT2D eigenvalue weighted by molar-refractivity contribution is 0.254. The highest BCUT2D eigenvalue weighted by Gasteiger charge is 2.21. The maximum absolute atomic E-state index is 6.25. The number of alkyl halides is 1. The molecule has 3 rings (SSSR count). The number of benzene rings is 2. The summed E-state index contributed by atoms with van der Waals surface area (Å²) in [5.41, 5.74) is 3.59. The van der Waals surface area contributed by atoms with Crippen molar-refractivity contribution in [2.75, 3.05) is 0 Å². The molecule has 2 unspecified atom stereocenters. The second-order valence-electron chi connectivity index (χ2n) is 4.88. The van der Waals surface area contributed by atoms with Crippen molar-refractivity contribution in [2.45, 2.75) is 24.3 Å². The van der Waals surface area contributed by atoms with Crippen LogP contribution in [0.2, 0.25) is 5.02 Å². The molecule has 0 saturated carbocycles. The third kappa shape index (κ3) is 2.52. The monoisotopic (exact) mass is 336 g/mol. The highest BCUT2D eigenvalue weighted by atomic mass is 79.9. The Labute approximate surface area is 126 Å². The fourth-order valence-electron chi connectivity index (χ4n) is 2.46. The Morgan fingerprint density at radius 3 is 2.84 bits per heavy atom. The van der Waals surface area contributed by atoms with Gasteiger partial charge in [-0.1, -0.05) is 57.9 Å². The minimum absolute atomic E-state index is 0.113. The van der Waals surface area contributed by atoms with Gasteiger partial charge >= 0.3 is 0 Å². The summed E-state index contributed by atoms with van der Waals surface area (Å²) in [4.78, 5) is 0.113. The van der Waals surface area contributed by atoms with Gasteiger partial charge in [0, 0.05) is 11.4 Å². The van der Waals surface area contributed by atoms with Gasteiger partial charge in [0.1, 0.15) is 11.9 Å². The third-order valence-corrected chi connectivity index (χ3v) is 4.76. The molecule has 2 aromatic carbocycles. The van der Waals surface area contributed by atoms with Gasteiger partial charge in [-0.25, -0.2) is 0 Å². The molecule has 0 aromatic heterocycles. The average molecular weight is 338 g/mol. The summed E-state index contributed by atoms with van der Waals surface area (Å²) >= 11 is 10.00. The van der Waals surface area contributed by atoms with Crippen LogP contribution in [0.1, 0.15) is 28.4 Å². The van der Waals surface area contributed by atoms with E-state index in [0.717, 1.165) is 22.8 Å². The smallest absolute Gasteiger partial charge is 0.123 e. The van der Waals surface area contributed by atoms with E-state index in [1.54, 1.807) is 0 Å². The number of rotatable bonds is 2. The molecule has 3 heteroatoms. The molecular weight excluding hydrogens is 324 g/mol. The van der Waals surface area contributed by atoms with Crippen LogP contribution in [0.5, 0.6) is 5.75 Å². The van der Waals surface area contributed by atoms with E-state index in [0.29, 0.717) is 0 Å². The summed E-state index contributed by atoms with van der Waals surface area (Å²) in [6, 6.07) is 14.3. The van der Waals surface area contributed by atoms with Crippen LogP contribution >= 0.6 is 27.5 Å². The van der Waals surface area contributed by atoms with E-state index in [4.69, 9.17) is 16.3 Å². The van der Waals surface area contributed by atoms with Crippen LogP contribution in [0.15, 0.2) is 42.5 Å². The normalized spacial score (nSPS) is 18.8. The van der Waals surface area contributed by atoms with Crippen molar-refractivity contribution >= 4 is 27.5 Å². The van der Waals surface area contributed by atoms with E-state index >= 15 is 0 Å². The zero-order valence-electron chi connectivity index (χ0n) is 10.6. The second kappa shape index (κ2) is 5.18. The fourth-order valence-corrected chi connectivity index (χ4v) is 3.52. The van der Waals surface area contributed by atoms with Gasteiger partial charge in [-0.15, -0.1) is 0 Å². The van der Waals surface area contributed by atoms with Crippen molar-refractivity contribution in [3.05, 3.63) is 64.2 Å². The first kappa shape index (κ1) is 13.0. The summed E-state index contributed by atoms with van der Waals surface area (Å²) in [6.45, 7) is 2.10. The Kier molecular flexibility index (Phi) is 3.55. The van der Waals surface area contributed by atoms with Crippen molar-refractivity contribution in [1.82, 2.24) is 0 Å². The Hall–Kier alpha value is -0.990. The first-order valence-electron chi connectivity index (χ1n) is 6.33. The molecule has 0 fully saturated rings. The molecular formula is C16H14BrClO. The predicted molar refractivity (Wildman–Crippen MR) is 82.5 cm³/mol. The lowest BCUT2D eigenvalue weighted by Crippen LogP contribution is -2.05. The Morgan fingerprint density at radius 2 is 2.05 bits per heavy atom. The minimum Gasteiger partial charge on any atom is -0.490 e. The van der Waals surface area contributed by atoms with Gasteiger partial charge in [0.05, 0.1) is 4.83 Å². The van der Waals surface area contributed by atoms with Crippen LogP contribution in [0.3, 0.4) is 0 Å². The fraction of sp³-hybridized carbons (Fsp3) is 0.250. The standard InChI is InChI=1S/C16H14BrClO/c1-10-8-12-9-11(6-7-15(12)19-10)16(17)13-4-2-3-5-14(13)18/h2-7,9-10,16H,8H2,1H3. The van der Waals surface area contributed by atoms with Gasteiger partial charge in [0.15, 0.2) is 0 Å². The first-order valence-corrected chi connectivity index (χ1v) is 7.62. The lowest BCUT2D eigenvalue weighted by Gasteiger charge is -2.13. The van der Waals surface area contributed by atoms with Crippen molar-refractivity contribution in [3.8, 4) is 5.75 Å². The third-order valence-electron chi connectivity index (χ3n) is 3.39. The first-order chi connectivity index (χ1) is 9.15. The van der Waals surface area contributed by atoms with Crippen LogP contribution in [0, 0.1) is 0 Å². The van der Waals surface area contributed by atoms with Crippen LogP contribution in [0.25, 0.3) is 0 Å². The van der Waals surface area contributed by atoms with Crippen LogP contribution in [-0.4, -0.2) is 6.10 Å². The average Bonchev–Trinajstić information content (AvgIpc) is 2.77. The Bertz CT molecular complexity index is 611. The van der Waals surface area contributed by atoms with E-state index in [9.17, 15) is 0 Å². The Morgan fingerprint density at radius 1 is 1.26 bits per heavy atom. The number of ether oxygens (including phenoxy) is 1. The predicted octanol–water partition coefficient (Wildman–Crippen LogP) is 5.15. The van der Waals surface area contributed by atoms with Gasteiger partial charge in [-0.2, -0.15) is 0 Å². The van der Waals surface area contributed by atoms with Gasteiger partial charge in [0.25, 0.3) is 0 Å². The minimum atomic E-state index is 0.113. The topological polar surface area (TPSA) is 9.23 Å². The molecule has 98 valence electrons. The van der Waals surface area contributed by atoms with E-state index in [-0.39, 0.29) is 10.9 Å². The summed E-state index contributed by atoms with van der Waals surface area (Å²) in [5, 5.41) is 0.787. The van der Waals surface area contributed by atoms with E-state index in [1.807, 2.05) is 24.3 Å². The summed E-state index contributed by atoms with van der Waals surface area (Å²) in [7, 11) is 0. The number of halogens is 2. The van der Waals surface area contributed by atoms with E-state index in [2.05, 4.69) is 41.1 Å². The number of hydrogen-bond donors (Lipinski definition) is 0. The van der Waals surface area contributed by atoms with Gasteiger partial charge in [-0.3, -0.25) is 0 Å². The molecule has 0 spiro atoms. The van der Waals surface area contributed by atoms with Gasteiger partial charge in [0.2, 0.25) is 0 Å². The van der Waals surface area contributed by atoms with E-state index in [1.165, 1.54) is 11.1 Å². The zero-order chi connectivity index (χ0) is 13.4. The Balaban J connectivity index is 1.95. The molecule has 19 heavy (non-hydrogen) atoms. The lowest BCUT2D eigenvalue weighted by atomic mass is 10.0. The van der Waals surface area contributed by atoms with Crippen LogP contribution < -0.4 is 4.74 Å². The summed E-state index contributed by atoms with van der Waals surface area (Å²) < 4.78 is 5.73. The van der Waals surface area contributed by atoms with Crippen molar-refractivity contribution < 1.29 is 4.74 Å². The second-order valence-corrected chi connectivity index (χ2v) is 6.21. The molecule has 2 atom stereocenters. The molecule has 0 saturated heterocycles. The van der Waals surface area contributed by atoms with Crippen molar-refractivity contribution in [1.29, 1.82) is 0 Å². The maximum atomic E-state index is 6.25. The zero-order valence-corrected chi connectivity index (χ0v) is 12.9. The van der Waals surface area contributed by atoms with Gasteiger partial charge in [-0.05, 0) is 35.7 Å². The van der Waals surface area contributed by atoms with Crippen LogP contribution in [0.4, 0.5) is 0 Å². The molecule has 1 aliphatic heterocycles. The highest BCUT2D eigenvalue weighted by Crippen LogP contribution is 2.38. The highest BCUT2D eigenvalue weighted by molar-refractivity contribution is 9.09. The molecule has 2 aromatic rings.